The molecule has 5 heteroatoms. The van der Waals surface area contributed by atoms with Gasteiger partial charge in [-0.15, -0.1) is 0 Å². The molecular formula is C14H25N3O2. The van der Waals surface area contributed by atoms with Crippen molar-refractivity contribution in [2.75, 3.05) is 20.3 Å². The maximum Gasteiger partial charge on any atom is 0.161 e. The second-order valence-electron chi connectivity index (χ2n) is 5.18. The zero-order valence-electron chi connectivity index (χ0n) is 12.3. The molecule has 19 heavy (non-hydrogen) atoms. The van der Waals surface area contributed by atoms with E-state index in [1.165, 1.54) is 0 Å². The van der Waals surface area contributed by atoms with Crippen molar-refractivity contribution in [1.29, 1.82) is 0 Å². The van der Waals surface area contributed by atoms with Crippen LogP contribution in [0.3, 0.4) is 0 Å². The van der Waals surface area contributed by atoms with Crippen molar-refractivity contribution in [2.45, 2.75) is 38.8 Å². The predicted molar refractivity (Wildman–Crippen MR) is 74.3 cm³/mol. The summed E-state index contributed by atoms with van der Waals surface area (Å²) in [7, 11) is 3.67. The van der Waals surface area contributed by atoms with E-state index < -0.39 is 0 Å². The zero-order valence-corrected chi connectivity index (χ0v) is 12.3. The topological polar surface area (TPSA) is 48.3 Å². The molecule has 5 nitrogen and oxygen atoms in total. The third-order valence-electron chi connectivity index (χ3n) is 3.94. The first-order chi connectivity index (χ1) is 9.19. The van der Waals surface area contributed by atoms with Crippen molar-refractivity contribution < 1.29 is 9.47 Å². The summed E-state index contributed by atoms with van der Waals surface area (Å²) in [6.45, 7) is 6.17. The summed E-state index contributed by atoms with van der Waals surface area (Å²) in [5.41, 5.74) is 1.12. The first-order valence-corrected chi connectivity index (χ1v) is 7.09. The standard InChI is InChI=1S/C14H25N3O2/c1-5-7-15-13(11-6-8-19-10(11)2)14-12(18-4)9-16-17(14)3/h9-11,13,15H,5-8H2,1-4H3. The monoisotopic (exact) mass is 267 g/mol. The lowest BCUT2D eigenvalue weighted by molar-refractivity contribution is 0.0940. The van der Waals surface area contributed by atoms with Crippen molar-refractivity contribution in [3.05, 3.63) is 11.9 Å². The van der Waals surface area contributed by atoms with Gasteiger partial charge in [-0.05, 0) is 26.3 Å². The van der Waals surface area contributed by atoms with E-state index in [0.29, 0.717) is 5.92 Å². The Morgan fingerprint density at radius 1 is 1.63 bits per heavy atom. The highest BCUT2D eigenvalue weighted by Crippen LogP contribution is 2.36. The lowest BCUT2D eigenvalue weighted by Gasteiger charge is -2.27. The van der Waals surface area contributed by atoms with Crippen LogP contribution >= 0.6 is 0 Å². The summed E-state index contributed by atoms with van der Waals surface area (Å²) < 4.78 is 13.1. The number of aromatic nitrogens is 2. The van der Waals surface area contributed by atoms with Gasteiger partial charge in [0.05, 0.1) is 31.1 Å². The molecule has 1 aliphatic rings. The molecule has 0 radical (unpaired) electrons. The minimum Gasteiger partial charge on any atom is -0.493 e. The predicted octanol–water partition coefficient (Wildman–Crippen LogP) is 1.89. The molecule has 0 bridgehead atoms. The van der Waals surface area contributed by atoms with Crippen LogP contribution in [-0.2, 0) is 11.8 Å². The molecule has 1 aromatic rings. The fraction of sp³-hybridized carbons (Fsp3) is 0.786. The van der Waals surface area contributed by atoms with Gasteiger partial charge in [0, 0.05) is 19.6 Å². The lowest BCUT2D eigenvalue weighted by Crippen LogP contribution is -2.34. The van der Waals surface area contributed by atoms with Gasteiger partial charge >= 0.3 is 0 Å². The normalized spacial score (nSPS) is 24.6. The quantitative estimate of drug-likeness (QED) is 0.855. The van der Waals surface area contributed by atoms with Gasteiger partial charge in [0.15, 0.2) is 5.75 Å². The van der Waals surface area contributed by atoms with Crippen LogP contribution in [0.15, 0.2) is 6.20 Å². The minimum absolute atomic E-state index is 0.236. The number of hydrogen-bond acceptors (Lipinski definition) is 4. The Bertz CT molecular complexity index is 405. The average molecular weight is 267 g/mol. The summed E-state index contributed by atoms with van der Waals surface area (Å²) in [6.07, 6.45) is 4.25. The van der Waals surface area contributed by atoms with Crippen LogP contribution in [0.1, 0.15) is 38.4 Å². The highest BCUT2D eigenvalue weighted by Gasteiger charge is 2.35. The van der Waals surface area contributed by atoms with Gasteiger partial charge in [-0.3, -0.25) is 4.68 Å². The summed E-state index contributed by atoms with van der Waals surface area (Å²) in [6, 6.07) is 0.236. The van der Waals surface area contributed by atoms with Gasteiger partial charge < -0.3 is 14.8 Å². The van der Waals surface area contributed by atoms with Crippen LogP contribution in [0, 0.1) is 5.92 Å². The van der Waals surface area contributed by atoms with Crippen molar-refractivity contribution in [3.8, 4) is 5.75 Å². The van der Waals surface area contributed by atoms with Crippen LogP contribution in [0.2, 0.25) is 0 Å². The van der Waals surface area contributed by atoms with Crippen LogP contribution in [0.4, 0.5) is 0 Å². The largest absolute Gasteiger partial charge is 0.493 e. The molecule has 3 atom stereocenters. The number of rotatable bonds is 6. The molecule has 1 aromatic heterocycles. The first-order valence-electron chi connectivity index (χ1n) is 7.09. The van der Waals surface area contributed by atoms with Crippen LogP contribution in [0.25, 0.3) is 0 Å². The molecule has 0 aromatic carbocycles. The van der Waals surface area contributed by atoms with E-state index in [1.807, 2.05) is 11.7 Å². The van der Waals surface area contributed by atoms with Crippen molar-refractivity contribution in [1.82, 2.24) is 15.1 Å². The van der Waals surface area contributed by atoms with Crippen LogP contribution in [-0.4, -0.2) is 36.1 Å². The number of nitrogens with one attached hydrogen (secondary N) is 1. The minimum atomic E-state index is 0.236. The van der Waals surface area contributed by atoms with Gasteiger partial charge in [0.1, 0.15) is 0 Å². The van der Waals surface area contributed by atoms with E-state index in [0.717, 1.165) is 37.4 Å². The molecule has 2 rings (SSSR count). The summed E-state index contributed by atoms with van der Waals surface area (Å²) >= 11 is 0. The average Bonchev–Trinajstić information content (AvgIpc) is 2.98. The summed E-state index contributed by atoms with van der Waals surface area (Å²) in [5.74, 6) is 1.33. The summed E-state index contributed by atoms with van der Waals surface area (Å²) in [5, 5.41) is 7.96. The van der Waals surface area contributed by atoms with E-state index in [1.54, 1.807) is 13.3 Å². The van der Waals surface area contributed by atoms with E-state index in [-0.39, 0.29) is 12.1 Å². The van der Waals surface area contributed by atoms with Crippen LogP contribution in [0.5, 0.6) is 5.75 Å². The van der Waals surface area contributed by atoms with Gasteiger partial charge in [0.2, 0.25) is 0 Å². The maximum absolute atomic E-state index is 5.73. The van der Waals surface area contributed by atoms with Crippen molar-refractivity contribution >= 4 is 0 Å². The first kappa shape index (κ1) is 14.3. The number of hydrogen-bond donors (Lipinski definition) is 1. The van der Waals surface area contributed by atoms with Crippen LogP contribution < -0.4 is 10.1 Å². The fourth-order valence-corrected chi connectivity index (χ4v) is 2.88. The fourth-order valence-electron chi connectivity index (χ4n) is 2.88. The Labute approximate surface area is 115 Å². The number of methoxy groups -OCH3 is 1. The maximum atomic E-state index is 5.73. The molecule has 0 saturated carbocycles. The van der Waals surface area contributed by atoms with E-state index in [4.69, 9.17) is 9.47 Å². The molecule has 1 saturated heterocycles. The van der Waals surface area contributed by atoms with Gasteiger partial charge in [-0.2, -0.15) is 5.10 Å². The number of aryl methyl sites for hydroxylation is 1. The Balaban J connectivity index is 2.28. The smallest absolute Gasteiger partial charge is 0.161 e. The molecule has 0 aliphatic carbocycles. The number of nitrogens with zero attached hydrogens (tertiary/aromatic N) is 2. The van der Waals surface area contributed by atoms with E-state index >= 15 is 0 Å². The molecule has 3 unspecified atom stereocenters. The van der Waals surface area contributed by atoms with Gasteiger partial charge in [0.25, 0.3) is 0 Å². The van der Waals surface area contributed by atoms with E-state index in [2.05, 4.69) is 24.3 Å². The molecule has 0 amide bonds. The SMILES string of the molecule is CCCNC(c1c(OC)cnn1C)C1CCOC1C. The lowest BCUT2D eigenvalue weighted by atomic mass is 9.90. The Kier molecular flexibility index (Phi) is 4.82. The molecule has 0 spiro atoms. The molecule has 1 fully saturated rings. The van der Waals surface area contributed by atoms with E-state index in [9.17, 15) is 0 Å². The molecule has 1 aliphatic heterocycles. The second-order valence-corrected chi connectivity index (χ2v) is 5.18. The summed E-state index contributed by atoms with van der Waals surface area (Å²) in [4.78, 5) is 0. The highest BCUT2D eigenvalue weighted by molar-refractivity contribution is 5.29. The third-order valence-corrected chi connectivity index (χ3v) is 3.94. The molecule has 2 heterocycles. The Hall–Kier alpha value is -1.07. The molecule has 108 valence electrons. The molecular weight excluding hydrogens is 242 g/mol. The second kappa shape index (κ2) is 6.39. The highest BCUT2D eigenvalue weighted by atomic mass is 16.5. The van der Waals surface area contributed by atoms with Crippen molar-refractivity contribution in [2.24, 2.45) is 13.0 Å². The molecule has 1 N–H and O–H groups in total. The third kappa shape index (κ3) is 2.92. The zero-order chi connectivity index (χ0) is 13.8. The van der Waals surface area contributed by atoms with Gasteiger partial charge in [-0.25, -0.2) is 0 Å². The number of ether oxygens (including phenoxy) is 2. The van der Waals surface area contributed by atoms with Gasteiger partial charge in [-0.1, -0.05) is 6.92 Å². The Morgan fingerprint density at radius 3 is 3.00 bits per heavy atom. The Morgan fingerprint density at radius 2 is 2.42 bits per heavy atom. The van der Waals surface area contributed by atoms with Crippen molar-refractivity contribution in [3.63, 3.8) is 0 Å².